The molecule has 0 fully saturated rings. The van der Waals surface area contributed by atoms with Gasteiger partial charge >= 0.3 is 0 Å². The molecule has 236 valence electrons. The average molecular weight is 626 g/mol. The number of benzene rings is 4. The monoisotopic (exact) mass is 625 g/mol. The first-order chi connectivity index (χ1) is 21.3. The second-order valence-electron chi connectivity index (χ2n) is 12.0. The summed E-state index contributed by atoms with van der Waals surface area (Å²) < 4.78 is 29.7. The van der Waals surface area contributed by atoms with Crippen LogP contribution in [-0.4, -0.2) is 43.8 Å². The molecule has 8 heteroatoms. The van der Waals surface area contributed by atoms with Gasteiger partial charge in [-0.2, -0.15) is 0 Å². The summed E-state index contributed by atoms with van der Waals surface area (Å²) in [5, 5.41) is 2.99. The summed E-state index contributed by atoms with van der Waals surface area (Å²) in [6.45, 7) is 11.0. The minimum Gasteiger partial charge on any atom is -0.352 e. The number of amides is 2. The minimum absolute atomic E-state index is 0.0875. The molecule has 4 aromatic rings. The number of nitrogens with zero attached hydrogens (tertiary/aromatic N) is 2. The SMILES string of the molecule is Cc1ccc(S(=O)(=O)N(CC(=O)N(Cc2cccc(C)c2)[C@H](Cc2ccccc2)C(=O)NC(C)C)c2ccc(C)cc2C)cc1. The summed E-state index contributed by atoms with van der Waals surface area (Å²) in [6, 6.07) is 28.4. The second kappa shape index (κ2) is 14.6. The molecule has 0 aromatic heterocycles. The van der Waals surface area contributed by atoms with Crippen LogP contribution in [-0.2, 0) is 32.6 Å². The summed E-state index contributed by atoms with van der Waals surface area (Å²) in [5.74, 6) is -0.777. The lowest BCUT2D eigenvalue weighted by Crippen LogP contribution is -2.54. The Morgan fingerprint density at radius 3 is 1.98 bits per heavy atom. The van der Waals surface area contributed by atoms with Gasteiger partial charge in [-0.1, -0.05) is 95.6 Å². The highest BCUT2D eigenvalue weighted by atomic mass is 32.2. The molecule has 0 radical (unpaired) electrons. The molecule has 0 aliphatic heterocycles. The number of hydrogen-bond acceptors (Lipinski definition) is 4. The Labute approximate surface area is 268 Å². The molecule has 7 nitrogen and oxygen atoms in total. The molecule has 4 rings (SSSR count). The third kappa shape index (κ3) is 8.60. The Morgan fingerprint density at radius 1 is 0.733 bits per heavy atom. The molecule has 1 atom stereocenters. The molecule has 0 aliphatic carbocycles. The molecule has 1 N–H and O–H groups in total. The van der Waals surface area contributed by atoms with Crippen LogP contribution in [0.15, 0.2) is 102 Å². The van der Waals surface area contributed by atoms with Crippen molar-refractivity contribution in [3.8, 4) is 0 Å². The summed E-state index contributed by atoms with van der Waals surface area (Å²) in [5.41, 5.74) is 5.79. The van der Waals surface area contributed by atoms with Gasteiger partial charge in [0.2, 0.25) is 11.8 Å². The van der Waals surface area contributed by atoms with Crippen molar-refractivity contribution in [2.75, 3.05) is 10.8 Å². The van der Waals surface area contributed by atoms with Gasteiger partial charge in [0.25, 0.3) is 10.0 Å². The average Bonchev–Trinajstić information content (AvgIpc) is 2.98. The lowest BCUT2D eigenvalue weighted by molar-refractivity contribution is -0.140. The lowest BCUT2D eigenvalue weighted by atomic mass is 10.0. The predicted molar refractivity (Wildman–Crippen MR) is 181 cm³/mol. The van der Waals surface area contributed by atoms with Crippen molar-refractivity contribution < 1.29 is 18.0 Å². The third-order valence-corrected chi connectivity index (χ3v) is 9.42. The zero-order chi connectivity index (χ0) is 32.7. The maximum absolute atomic E-state index is 14.6. The topological polar surface area (TPSA) is 86.8 Å². The fourth-order valence-corrected chi connectivity index (χ4v) is 6.86. The van der Waals surface area contributed by atoms with Gasteiger partial charge in [-0.25, -0.2) is 8.42 Å². The van der Waals surface area contributed by atoms with E-state index in [1.807, 2.05) is 108 Å². The molecule has 0 unspecified atom stereocenters. The number of carbonyl (C=O) groups excluding carboxylic acids is 2. The molecule has 4 aromatic carbocycles. The summed E-state index contributed by atoms with van der Waals surface area (Å²) in [6.07, 6.45) is 0.269. The van der Waals surface area contributed by atoms with Gasteiger partial charge < -0.3 is 10.2 Å². The Hall–Kier alpha value is -4.43. The van der Waals surface area contributed by atoms with Crippen LogP contribution in [0.4, 0.5) is 5.69 Å². The van der Waals surface area contributed by atoms with Crippen LogP contribution in [0, 0.1) is 27.7 Å². The van der Waals surface area contributed by atoms with Gasteiger partial charge in [0.05, 0.1) is 10.6 Å². The van der Waals surface area contributed by atoms with Crippen molar-refractivity contribution in [2.24, 2.45) is 0 Å². The first-order valence-corrected chi connectivity index (χ1v) is 16.6. The number of anilines is 1. The maximum Gasteiger partial charge on any atom is 0.264 e. The van der Waals surface area contributed by atoms with Gasteiger partial charge in [-0.3, -0.25) is 13.9 Å². The van der Waals surface area contributed by atoms with Gasteiger partial charge in [-0.15, -0.1) is 0 Å². The van der Waals surface area contributed by atoms with E-state index in [2.05, 4.69) is 5.32 Å². The van der Waals surface area contributed by atoms with Crippen molar-refractivity contribution in [3.63, 3.8) is 0 Å². The van der Waals surface area contributed by atoms with E-state index in [1.54, 1.807) is 30.3 Å². The smallest absolute Gasteiger partial charge is 0.264 e. The van der Waals surface area contributed by atoms with E-state index in [9.17, 15) is 18.0 Å². The standard InChI is InChI=1S/C37H43N3O4S/c1-26(2)38-37(42)35(23-31-12-8-7-9-13-31)39(24-32-14-10-11-28(4)22-32)36(41)25-40(34-20-17-29(5)21-30(34)6)45(43,44)33-18-15-27(3)16-19-33/h7-22,26,35H,23-25H2,1-6H3,(H,38,42)/t35-/m1/s1. The second-order valence-corrected chi connectivity index (χ2v) is 13.9. The quantitative estimate of drug-likeness (QED) is 0.201. The van der Waals surface area contributed by atoms with E-state index in [0.717, 1.165) is 33.4 Å². The molecule has 45 heavy (non-hydrogen) atoms. The Balaban J connectivity index is 1.83. The third-order valence-electron chi connectivity index (χ3n) is 7.65. The van der Waals surface area contributed by atoms with E-state index in [-0.39, 0.29) is 29.8 Å². The normalized spacial score (nSPS) is 12.1. The first-order valence-electron chi connectivity index (χ1n) is 15.2. The zero-order valence-electron chi connectivity index (χ0n) is 26.9. The Morgan fingerprint density at radius 2 is 1.36 bits per heavy atom. The molecular formula is C37H43N3O4S. The molecule has 0 aliphatic rings. The maximum atomic E-state index is 14.6. The van der Waals surface area contributed by atoms with Crippen LogP contribution in [0.3, 0.4) is 0 Å². The summed E-state index contributed by atoms with van der Waals surface area (Å²) >= 11 is 0. The largest absolute Gasteiger partial charge is 0.352 e. The molecule has 0 spiro atoms. The van der Waals surface area contributed by atoms with E-state index in [4.69, 9.17) is 0 Å². The van der Waals surface area contributed by atoms with E-state index < -0.39 is 28.5 Å². The van der Waals surface area contributed by atoms with Gasteiger partial charge in [0.15, 0.2) is 0 Å². The van der Waals surface area contributed by atoms with E-state index in [0.29, 0.717) is 5.69 Å². The van der Waals surface area contributed by atoms with Crippen molar-refractivity contribution in [2.45, 2.75) is 71.5 Å². The predicted octanol–water partition coefficient (Wildman–Crippen LogP) is 6.28. The van der Waals surface area contributed by atoms with Crippen LogP contribution in [0.5, 0.6) is 0 Å². The number of aryl methyl sites for hydroxylation is 4. The van der Waals surface area contributed by atoms with Crippen LogP contribution in [0.25, 0.3) is 0 Å². The highest BCUT2D eigenvalue weighted by Gasteiger charge is 2.35. The molecule has 0 saturated carbocycles. The van der Waals surface area contributed by atoms with E-state index in [1.165, 1.54) is 9.21 Å². The van der Waals surface area contributed by atoms with Crippen LogP contribution in [0.1, 0.15) is 47.2 Å². The zero-order valence-corrected chi connectivity index (χ0v) is 27.8. The van der Waals surface area contributed by atoms with Crippen molar-refractivity contribution in [3.05, 3.63) is 130 Å². The highest BCUT2D eigenvalue weighted by Crippen LogP contribution is 2.29. The van der Waals surface area contributed by atoms with Gasteiger partial charge in [0.1, 0.15) is 12.6 Å². The number of hydrogen-bond donors (Lipinski definition) is 1. The Kier molecular flexibility index (Phi) is 10.8. The van der Waals surface area contributed by atoms with Gasteiger partial charge in [-0.05, 0) is 76.4 Å². The Bertz CT molecular complexity index is 1740. The molecule has 2 amide bonds. The molecule has 0 heterocycles. The van der Waals surface area contributed by atoms with Crippen LogP contribution >= 0.6 is 0 Å². The highest BCUT2D eigenvalue weighted by molar-refractivity contribution is 7.92. The minimum atomic E-state index is -4.15. The summed E-state index contributed by atoms with van der Waals surface area (Å²) in [4.78, 5) is 30.0. The number of sulfonamides is 1. The summed E-state index contributed by atoms with van der Waals surface area (Å²) in [7, 11) is -4.15. The van der Waals surface area contributed by atoms with Crippen molar-refractivity contribution in [1.29, 1.82) is 0 Å². The van der Waals surface area contributed by atoms with E-state index >= 15 is 0 Å². The van der Waals surface area contributed by atoms with Crippen molar-refractivity contribution >= 4 is 27.5 Å². The van der Waals surface area contributed by atoms with Crippen molar-refractivity contribution in [1.82, 2.24) is 10.2 Å². The molecule has 0 bridgehead atoms. The van der Waals surface area contributed by atoms with Gasteiger partial charge in [0, 0.05) is 19.0 Å². The molecule has 0 saturated heterocycles. The number of rotatable bonds is 12. The number of nitrogens with one attached hydrogen (secondary N) is 1. The molecular weight excluding hydrogens is 582 g/mol. The van der Waals surface area contributed by atoms with Crippen LogP contribution < -0.4 is 9.62 Å². The fourth-order valence-electron chi connectivity index (χ4n) is 5.38. The fraction of sp³-hybridized carbons (Fsp3) is 0.297. The van der Waals surface area contributed by atoms with Crippen LogP contribution in [0.2, 0.25) is 0 Å². The first kappa shape index (κ1) is 33.5. The lowest BCUT2D eigenvalue weighted by Gasteiger charge is -2.34. The number of carbonyl (C=O) groups is 2.